The minimum absolute atomic E-state index is 0.0837. The van der Waals surface area contributed by atoms with Crippen molar-refractivity contribution in [3.8, 4) is 0 Å². The minimum Gasteiger partial charge on any atom is -0.379 e. The van der Waals surface area contributed by atoms with Gasteiger partial charge in [0.15, 0.2) is 0 Å². The van der Waals surface area contributed by atoms with Crippen LogP contribution in [0.3, 0.4) is 0 Å². The summed E-state index contributed by atoms with van der Waals surface area (Å²) in [4.78, 5) is 14.1. The standard InChI is InChI=1S/C15H22ClN3O2/c1-19(2)9-14(11-3-5-12(16)6-4-11)18-15(20)17-13-7-8-21-10-13/h3-6,13-14H,7-10H2,1-2H3,(H2,17,18,20). The topological polar surface area (TPSA) is 53.6 Å². The molecule has 2 atom stereocenters. The number of hydrogen-bond donors (Lipinski definition) is 2. The van der Waals surface area contributed by atoms with Crippen LogP contribution in [0.2, 0.25) is 5.02 Å². The van der Waals surface area contributed by atoms with Crippen molar-refractivity contribution in [2.75, 3.05) is 33.9 Å². The molecule has 2 rings (SSSR count). The van der Waals surface area contributed by atoms with Crippen LogP contribution in [0.15, 0.2) is 24.3 Å². The monoisotopic (exact) mass is 311 g/mol. The van der Waals surface area contributed by atoms with Gasteiger partial charge in [-0.3, -0.25) is 0 Å². The van der Waals surface area contributed by atoms with E-state index in [2.05, 4.69) is 10.6 Å². The maximum absolute atomic E-state index is 12.1. The Labute approximate surface area is 130 Å². The summed E-state index contributed by atoms with van der Waals surface area (Å²) in [6.45, 7) is 2.02. The molecule has 6 heteroatoms. The number of rotatable bonds is 5. The first-order valence-corrected chi connectivity index (χ1v) is 7.47. The highest BCUT2D eigenvalue weighted by Gasteiger charge is 2.20. The number of likely N-dealkylation sites (N-methyl/N-ethyl adjacent to an activating group) is 1. The summed E-state index contributed by atoms with van der Waals surface area (Å²) < 4.78 is 5.26. The van der Waals surface area contributed by atoms with E-state index >= 15 is 0 Å². The van der Waals surface area contributed by atoms with Crippen LogP contribution in [0.1, 0.15) is 18.0 Å². The number of benzene rings is 1. The third-order valence-corrected chi connectivity index (χ3v) is 3.64. The number of ether oxygens (including phenoxy) is 1. The average molecular weight is 312 g/mol. The first-order chi connectivity index (χ1) is 10.0. The van der Waals surface area contributed by atoms with Crippen LogP contribution in [0.5, 0.6) is 0 Å². The lowest BCUT2D eigenvalue weighted by atomic mass is 10.1. The van der Waals surface area contributed by atoms with E-state index in [0.29, 0.717) is 18.2 Å². The highest BCUT2D eigenvalue weighted by Crippen LogP contribution is 2.17. The fourth-order valence-corrected chi connectivity index (χ4v) is 2.45. The number of nitrogens with one attached hydrogen (secondary N) is 2. The molecule has 1 heterocycles. The number of amides is 2. The van der Waals surface area contributed by atoms with E-state index in [9.17, 15) is 4.79 Å². The molecule has 1 aliphatic rings. The molecule has 2 amide bonds. The molecule has 0 bridgehead atoms. The van der Waals surface area contributed by atoms with E-state index in [1.165, 1.54) is 0 Å². The molecule has 2 N–H and O–H groups in total. The van der Waals surface area contributed by atoms with E-state index in [-0.39, 0.29) is 18.1 Å². The summed E-state index contributed by atoms with van der Waals surface area (Å²) in [5.74, 6) is 0. The Balaban J connectivity index is 1.98. The van der Waals surface area contributed by atoms with Crippen LogP contribution in [-0.4, -0.2) is 50.8 Å². The molecular formula is C15H22ClN3O2. The molecule has 1 aromatic carbocycles. The van der Waals surface area contributed by atoms with Gasteiger partial charge in [-0.25, -0.2) is 4.79 Å². The maximum Gasteiger partial charge on any atom is 0.315 e. The van der Waals surface area contributed by atoms with Crippen LogP contribution in [-0.2, 0) is 4.74 Å². The molecule has 0 radical (unpaired) electrons. The highest BCUT2D eigenvalue weighted by molar-refractivity contribution is 6.30. The second-order valence-electron chi connectivity index (χ2n) is 5.54. The summed E-state index contributed by atoms with van der Waals surface area (Å²) in [7, 11) is 3.96. The zero-order valence-corrected chi connectivity index (χ0v) is 13.2. The predicted octanol–water partition coefficient (Wildman–Crippen LogP) is 2.03. The van der Waals surface area contributed by atoms with Crippen LogP contribution >= 0.6 is 11.6 Å². The summed E-state index contributed by atoms with van der Waals surface area (Å²) >= 11 is 5.92. The van der Waals surface area contributed by atoms with E-state index in [1.54, 1.807) is 0 Å². The van der Waals surface area contributed by atoms with Crippen molar-refractivity contribution < 1.29 is 9.53 Å². The zero-order chi connectivity index (χ0) is 15.2. The second-order valence-corrected chi connectivity index (χ2v) is 5.98. The van der Waals surface area contributed by atoms with E-state index < -0.39 is 0 Å². The van der Waals surface area contributed by atoms with Gasteiger partial charge in [-0.15, -0.1) is 0 Å². The lowest BCUT2D eigenvalue weighted by molar-refractivity contribution is 0.187. The largest absolute Gasteiger partial charge is 0.379 e. The molecule has 21 heavy (non-hydrogen) atoms. The molecule has 1 fully saturated rings. The fourth-order valence-electron chi connectivity index (χ4n) is 2.33. The van der Waals surface area contributed by atoms with Crippen LogP contribution in [0.25, 0.3) is 0 Å². The fraction of sp³-hybridized carbons (Fsp3) is 0.533. The van der Waals surface area contributed by atoms with Crippen molar-refractivity contribution in [3.05, 3.63) is 34.9 Å². The Morgan fingerprint density at radius 3 is 2.71 bits per heavy atom. The van der Waals surface area contributed by atoms with Gasteiger partial charge in [0.25, 0.3) is 0 Å². The lowest BCUT2D eigenvalue weighted by Crippen LogP contribution is -2.45. The van der Waals surface area contributed by atoms with Gasteiger partial charge in [-0.05, 0) is 38.2 Å². The van der Waals surface area contributed by atoms with Crippen LogP contribution in [0, 0.1) is 0 Å². The second kappa shape index (κ2) is 7.64. The van der Waals surface area contributed by atoms with E-state index in [1.807, 2.05) is 43.3 Å². The van der Waals surface area contributed by atoms with Crippen molar-refractivity contribution in [1.82, 2.24) is 15.5 Å². The number of nitrogens with zero attached hydrogens (tertiary/aromatic N) is 1. The van der Waals surface area contributed by atoms with Crippen molar-refractivity contribution >= 4 is 17.6 Å². The number of halogens is 1. The summed E-state index contributed by atoms with van der Waals surface area (Å²) in [6.07, 6.45) is 0.868. The maximum atomic E-state index is 12.1. The van der Waals surface area contributed by atoms with Gasteiger partial charge in [0.2, 0.25) is 0 Å². The van der Waals surface area contributed by atoms with E-state index in [0.717, 1.165) is 18.5 Å². The Hall–Kier alpha value is -1.30. The zero-order valence-electron chi connectivity index (χ0n) is 12.4. The Morgan fingerprint density at radius 1 is 1.43 bits per heavy atom. The molecule has 1 aliphatic heterocycles. The molecule has 0 saturated carbocycles. The normalized spacial score (nSPS) is 19.5. The molecule has 5 nitrogen and oxygen atoms in total. The lowest BCUT2D eigenvalue weighted by Gasteiger charge is -2.24. The quantitative estimate of drug-likeness (QED) is 0.875. The van der Waals surface area contributed by atoms with Gasteiger partial charge in [0.05, 0.1) is 18.7 Å². The van der Waals surface area contributed by atoms with Crippen molar-refractivity contribution in [1.29, 1.82) is 0 Å². The molecule has 2 unspecified atom stereocenters. The van der Waals surface area contributed by atoms with Gasteiger partial charge in [-0.1, -0.05) is 23.7 Å². The first kappa shape index (κ1) is 16.1. The van der Waals surface area contributed by atoms with Crippen LogP contribution in [0.4, 0.5) is 4.79 Å². The summed E-state index contributed by atoms with van der Waals surface area (Å²) in [5, 5.41) is 6.65. The van der Waals surface area contributed by atoms with E-state index in [4.69, 9.17) is 16.3 Å². The molecule has 1 aromatic rings. The predicted molar refractivity (Wildman–Crippen MR) is 83.6 cm³/mol. The molecule has 116 valence electrons. The molecule has 1 saturated heterocycles. The molecular weight excluding hydrogens is 290 g/mol. The SMILES string of the molecule is CN(C)CC(NC(=O)NC1CCOC1)c1ccc(Cl)cc1. The Kier molecular flexibility index (Phi) is 5.85. The Bertz CT molecular complexity index is 458. The number of carbonyl (C=O) groups excluding carboxylic acids is 1. The van der Waals surface area contributed by atoms with Crippen molar-refractivity contribution in [2.24, 2.45) is 0 Å². The smallest absolute Gasteiger partial charge is 0.315 e. The Morgan fingerprint density at radius 2 is 2.14 bits per heavy atom. The van der Waals surface area contributed by atoms with Gasteiger partial charge in [-0.2, -0.15) is 0 Å². The van der Waals surface area contributed by atoms with Gasteiger partial charge in [0, 0.05) is 18.2 Å². The minimum atomic E-state index is -0.160. The molecule has 0 spiro atoms. The summed E-state index contributed by atoms with van der Waals surface area (Å²) in [6, 6.07) is 7.42. The van der Waals surface area contributed by atoms with Crippen molar-refractivity contribution in [2.45, 2.75) is 18.5 Å². The third-order valence-electron chi connectivity index (χ3n) is 3.39. The first-order valence-electron chi connectivity index (χ1n) is 7.09. The number of urea groups is 1. The molecule has 0 aliphatic carbocycles. The molecule has 0 aromatic heterocycles. The number of hydrogen-bond acceptors (Lipinski definition) is 3. The van der Waals surface area contributed by atoms with Gasteiger partial charge >= 0.3 is 6.03 Å². The van der Waals surface area contributed by atoms with Crippen molar-refractivity contribution in [3.63, 3.8) is 0 Å². The van der Waals surface area contributed by atoms with Gasteiger partial charge in [0.1, 0.15) is 0 Å². The average Bonchev–Trinajstić information content (AvgIpc) is 2.91. The summed E-state index contributed by atoms with van der Waals surface area (Å²) in [5.41, 5.74) is 1.03. The van der Waals surface area contributed by atoms with Gasteiger partial charge < -0.3 is 20.3 Å². The highest BCUT2D eigenvalue weighted by atomic mass is 35.5. The van der Waals surface area contributed by atoms with Crippen LogP contribution < -0.4 is 10.6 Å². The number of carbonyl (C=O) groups is 1. The third kappa shape index (κ3) is 5.19.